The Morgan fingerprint density at radius 2 is 1.79 bits per heavy atom. The Kier molecular flexibility index (Phi) is 9.39. The number of alkyl halides is 5. The fourth-order valence-corrected chi connectivity index (χ4v) is 4.98. The predicted octanol–water partition coefficient (Wildman–Crippen LogP) is 3.58. The van der Waals surface area contributed by atoms with Gasteiger partial charge in [0.1, 0.15) is 11.9 Å². The first-order valence-electron chi connectivity index (χ1n) is 12.2. The van der Waals surface area contributed by atoms with Crippen molar-refractivity contribution in [1.82, 2.24) is 15.2 Å². The number of amides is 2. The van der Waals surface area contributed by atoms with Crippen molar-refractivity contribution in [3.8, 4) is 0 Å². The number of rotatable bonds is 10. The van der Waals surface area contributed by atoms with Crippen molar-refractivity contribution in [3.05, 3.63) is 23.4 Å². The largest absolute Gasteiger partial charge is 0.408 e. The number of anilines is 1. The number of aromatic nitrogens is 1. The van der Waals surface area contributed by atoms with Gasteiger partial charge in [-0.05, 0) is 52.5 Å². The van der Waals surface area contributed by atoms with Crippen molar-refractivity contribution < 1.29 is 36.6 Å². The minimum atomic E-state index is -4.63. The number of hydrogen-bond donors (Lipinski definition) is 3. The summed E-state index contributed by atoms with van der Waals surface area (Å²) in [5, 5.41) is 13.7. The highest BCUT2D eigenvalue weighted by molar-refractivity contribution is 7.81. The number of aliphatic imine (C=N–C) groups is 1. The van der Waals surface area contributed by atoms with Crippen LogP contribution in [0.4, 0.5) is 27.8 Å². The Bertz CT molecular complexity index is 1080. The van der Waals surface area contributed by atoms with E-state index in [1.54, 1.807) is 11.8 Å². The van der Waals surface area contributed by atoms with Crippen molar-refractivity contribution in [2.24, 2.45) is 4.99 Å². The zero-order valence-corrected chi connectivity index (χ0v) is 21.9. The Balaban J connectivity index is 1.99. The second-order valence-corrected chi connectivity index (χ2v) is 10.1. The molecule has 1 aromatic rings. The van der Waals surface area contributed by atoms with Crippen LogP contribution in [0.2, 0.25) is 0 Å². The Labute approximate surface area is 222 Å². The van der Waals surface area contributed by atoms with E-state index in [9.17, 15) is 36.6 Å². The minimum Gasteiger partial charge on any atom is -0.394 e. The number of carbonyl (C=O) groups is 2. The molecule has 3 rings (SSSR count). The summed E-state index contributed by atoms with van der Waals surface area (Å²) in [7, 11) is 0. The van der Waals surface area contributed by atoms with Crippen LogP contribution in [0.25, 0.3) is 0 Å². The fourth-order valence-electron chi connectivity index (χ4n) is 4.65. The van der Waals surface area contributed by atoms with Crippen molar-refractivity contribution in [2.45, 2.75) is 89.3 Å². The first-order valence-corrected chi connectivity index (χ1v) is 12.6. The highest BCUT2D eigenvalue weighted by Gasteiger charge is 2.45. The molecule has 2 fully saturated rings. The number of aliphatic hydroxyl groups excluding tert-OH is 1. The van der Waals surface area contributed by atoms with Crippen molar-refractivity contribution >= 4 is 40.4 Å². The Morgan fingerprint density at radius 3 is 2.29 bits per heavy atom. The third-order valence-electron chi connectivity index (χ3n) is 6.78. The molecule has 1 unspecified atom stereocenters. The van der Waals surface area contributed by atoms with E-state index in [1.807, 2.05) is 5.32 Å². The maximum absolute atomic E-state index is 14.1. The summed E-state index contributed by atoms with van der Waals surface area (Å²) in [6.07, 6.45) is -3.74. The zero-order chi connectivity index (χ0) is 28.4. The first kappa shape index (κ1) is 29.8. The molecule has 2 amide bonds. The maximum Gasteiger partial charge on any atom is 0.408 e. The summed E-state index contributed by atoms with van der Waals surface area (Å²) in [5.41, 5.74) is -1.18. The van der Waals surface area contributed by atoms with Crippen LogP contribution in [0.1, 0.15) is 64.0 Å². The smallest absolute Gasteiger partial charge is 0.394 e. The molecule has 14 heteroatoms. The van der Waals surface area contributed by atoms with Crippen LogP contribution in [-0.4, -0.2) is 80.4 Å². The quantitative estimate of drug-likeness (QED) is 0.174. The molecule has 2 aliphatic heterocycles. The van der Waals surface area contributed by atoms with Crippen LogP contribution in [0.3, 0.4) is 0 Å². The van der Waals surface area contributed by atoms with Gasteiger partial charge in [-0.15, -0.1) is 0 Å². The van der Waals surface area contributed by atoms with E-state index in [-0.39, 0.29) is 34.8 Å². The SMILES string of the molecule is C/C(=N\C(C(=O)N1C2CCC1CC2)C(=S)c1cnc(N[C@@H](C)C(F)(F)F)cc1C(F)F)C(=O)N[C@H](C)CO. The van der Waals surface area contributed by atoms with Crippen LogP contribution >= 0.6 is 12.2 Å². The maximum atomic E-state index is 14.1. The average molecular weight is 564 g/mol. The molecule has 0 radical (unpaired) electrons. The monoisotopic (exact) mass is 563 g/mol. The fraction of sp³-hybridized carbons (Fsp3) is 0.625. The highest BCUT2D eigenvalue weighted by atomic mass is 32.1. The van der Waals surface area contributed by atoms with Gasteiger partial charge in [0, 0.05) is 35.4 Å². The second kappa shape index (κ2) is 12.0. The van der Waals surface area contributed by atoms with Crippen molar-refractivity contribution in [3.63, 3.8) is 0 Å². The first-order chi connectivity index (χ1) is 17.7. The molecule has 8 nitrogen and oxygen atoms in total. The summed E-state index contributed by atoms with van der Waals surface area (Å²) >= 11 is 5.46. The zero-order valence-electron chi connectivity index (χ0n) is 21.1. The van der Waals surface area contributed by atoms with E-state index < -0.39 is 53.9 Å². The molecule has 0 spiro atoms. The number of nitrogens with one attached hydrogen (secondary N) is 2. The van der Waals surface area contributed by atoms with Gasteiger partial charge in [0.2, 0.25) is 0 Å². The molecule has 2 aliphatic rings. The van der Waals surface area contributed by atoms with Gasteiger partial charge < -0.3 is 20.6 Å². The third-order valence-corrected chi connectivity index (χ3v) is 7.23. The molecule has 0 aromatic carbocycles. The Hall–Kier alpha value is -2.74. The highest BCUT2D eigenvalue weighted by Crippen LogP contribution is 2.38. The number of hydrogen-bond acceptors (Lipinski definition) is 7. The molecular formula is C24H30F5N5O3S. The molecular weight excluding hydrogens is 533 g/mol. The van der Waals surface area contributed by atoms with Gasteiger partial charge in [0.15, 0.2) is 6.04 Å². The van der Waals surface area contributed by atoms with Gasteiger partial charge >= 0.3 is 6.18 Å². The van der Waals surface area contributed by atoms with Crippen LogP contribution in [0.15, 0.2) is 17.3 Å². The van der Waals surface area contributed by atoms with Gasteiger partial charge in [-0.25, -0.2) is 13.8 Å². The third kappa shape index (κ3) is 6.63. The standard InChI is InChI=1S/C24H30F5N5O3S/c1-11(10-35)31-22(36)12(2)32-19(23(37)34-14-4-5-15(34)7-6-14)20(38)17-9-30-18(8-16(17)21(25)26)33-13(3)24(27,28)29/h8-9,11,13-15,19,21,35H,4-7,10H2,1-3H3,(H,30,33)(H,31,36)/b32-12+/t11-,13+,14?,15?,19?/m1/s1. The van der Waals surface area contributed by atoms with Crippen molar-refractivity contribution in [2.75, 3.05) is 11.9 Å². The summed E-state index contributed by atoms with van der Waals surface area (Å²) in [4.78, 5) is 35.6. The molecule has 0 aliphatic carbocycles. The van der Waals surface area contributed by atoms with E-state index >= 15 is 0 Å². The second-order valence-electron chi connectivity index (χ2n) is 9.61. The van der Waals surface area contributed by atoms with Gasteiger partial charge in [0.25, 0.3) is 18.2 Å². The van der Waals surface area contributed by atoms with E-state index in [1.165, 1.54) is 6.92 Å². The lowest BCUT2D eigenvalue weighted by Crippen LogP contribution is -2.46. The van der Waals surface area contributed by atoms with Crippen molar-refractivity contribution in [1.29, 1.82) is 0 Å². The number of carbonyl (C=O) groups excluding carboxylic acids is 2. The lowest BCUT2D eigenvalue weighted by molar-refractivity contribution is -0.138. The summed E-state index contributed by atoms with van der Waals surface area (Å²) in [5.74, 6) is -1.64. The van der Waals surface area contributed by atoms with Gasteiger partial charge in [-0.3, -0.25) is 14.6 Å². The topological polar surface area (TPSA) is 107 Å². The van der Waals surface area contributed by atoms with Crippen LogP contribution in [0, 0.1) is 0 Å². The number of halogens is 5. The van der Waals surface area contributed by atoms with Gasteiger partial charge in [-0.1, -0.05) is 12.2 Å². The number of nitrogens with zero attached hydrogens (tertiary/aromatic N) is 3. The molecule has 3 heterocycles. The van der Waals surface area contributed by atoms with E-state index in [0.29, 0.717) is 0 Å². The minimum absolute atomic E-state index is 0.0420. The van der Waals surface area contributed by atoms with Crippen LogP contribution in [0.5, 0.6) is 0 Å². The van der Waals surface area contributed by atoms with Gasteiger partial charge in [0.05, 0.1) is 17.2 Å². The molecule has 210 valence electrons. The predicted molar refractivity (Wildman–Crippen MR) is 135 cm³/mol. The number of thiocarbonyl (C=S) groups is 1. The van der Waals surface area contributed by atoms with E-state index in [2.05, 4.69) is 15.3 Å². The lowest BCUT2D eigenvalue weighted by Gasteiger charge is -2.27. The van der Waals surface area contributed by atoms with Crippen LogP contribution in [-0.2, 0) is 9.59 Å². The number of fused-ring (bicyclic) bond motifs is 2. The lowest BCUT2D eigenvalue weighted by atomic mass is 10.0. The van der Waals surface area contributed by atoms with E-state index in [0.717, 1.165) is 44.9 Å². The summed E-state index contributed by atoms with van der Waals surface area (Å²) in [6, 6.07) is -3.47. The molecule has 38 heavy (non-hydrogen) atoms. The Morgan fingerprint density at radius 1 is 1.21 bits per heavy atom. The summed E-state index contributed by atoms with van der Waals surface area (Å²) < 4.78 is 66.9. The normalized spacial score (nSPS) is 21.8. The molecule has 1 aromatic heterocycles. The molecule has 2 bridgehead atoms. The molecule has 3 N–H and O–H groups in total. The van der Waals surface area contributed by atoms with Crippen LogP contribution < -0.4 is 10.6 Å². The molecule has 2 saturated heterocycles. The number of pyridine rings is 1. The molecule has 0 saturated carbocycles. The van der Waals surface area contributed by atoms with Gasteiger partial charge in [-0.2, -0.15) is 13.2 Å². The number of aliphatic hydroxyl groups is 1. The molecule has 3 atom stereocenters. The average Bonchev–Trinajstić information content (AvgIpc) is 3.46. The summed E-state index contributed by atoms with van der Waals surface area (Å²) in [6.45, 7) is 3.37. The van der Waals surface area contributed by atoms with E-state index in [4.69, 9.17) is 12.2 Å².